The van der Waals surface area contributed by atoms with E-state index in [1.165, 1.54) is 23.1 Å². The van der Waals surface area contributed by atoms with Crippen LogP contribution in [0.15, 0.2) is 24.3 Å². The minimum atomic E-state index is 0.204. The van der Waals surface area contributed by atoms with Gasteiger partial charge in [-0.05, 0) is 41.2 Å². The van der Waals surface area contributed by atoms with Crippen LogP contribution < -0.4 is 0 Å². The molecule has 0 bridgehead atoms. The molecule has 1 aliphatic carbocycles. The zero-order chi connectivity index (χ0) is 15.0. The van der Waals surface area contributed by atoms with Gasteiger partial charge < -0.3 is 0 Å². The molecule has 2 heteroatoms. The van der Waals surface area contributed by atoms with E-state index in [0.717, 1.165) is 18.4 Å². The summed E-state index contributed by atoms with van der Waals surface area (Å²) in [7, 11) is 2.42. The first-order valence-electron chi connectivity index (χ1n) is 7.35. The van der Waals surface area contributed by atoms with Gasteiger partial charge in [0, 0.05) is 6.42 Å². The van der Waals surface area contributed by atoms with E-state index in [-0.39, 0.29) is 5.78 Å². The Bertz CT molecular complexity index is 512. The van der Waals surface area contributed by atoms with E-state index in [4.69, 9.17) is 0 Å². The molecule has 1 aliphatic rings. The van der Waals surface area contributed by atoms with E-state index >= 15 is 0 Å². The molecule has 108 valence electrons. The monoisotopic (exact) mass is 288 g/mol. The maximum Gasteiger partial charge on any atom is 0.160 e. The minimum Gasteiger partial charge on any atom is -0.294 e. The second kappa shape index (κ2) is 8.87. The van der Waals surface area contributed by atoms with Crippen LogP contribution in [0.2, 0.25) is 0 Å². The van der Waals surface area contributed by atoms with Crippen molar-refractivity contribution in [2.75, 3.05) is 6.66 Å². The lowest BCUT2D eigenvalue weighted by Gasteiger charge is -2.14. The molecule has 2 rings (SSSR count). The summed E-state index contributed by atoms with van der Waals surface area (Å²) in [5.41, 5.74) is 5.00. The second-order valence-electron chi connectivity index (χ2n) is 4.77. The second-order valence-corrected chi connectivity index (χ2v) is 4.77. The first-order chi connectivity index (χ1) is 9.74. The average Bonchev–Trinajstić information content (AvgIpc) is 2.48. The summed E-state index contributed by atoms with van der Waals surface area (Å²) in [5, 5.41) is 0. The molecular formula is C18H25OP. The third-order valence-corrected chi connectivity index (χ3v) is 3.35. The Morgan fingerprint density at radius 2 is 1.95 bits per heavy atom. The van der Waals surface area contributed by atoms with Crippen LogP contribution >= 0.6 is 9.24 Å². The molecule has 1 nitrogen and oxygen atoms in total. The quantitative estimate of drug-likeness (QED) is 0.734. The molecule has 0 amide bonds. The number of aryl methyl sites for hydroxylation is 1. The summed E-state index contributed by atoms with van der Waals surface area (Å²) in [6.07, 6.45) is 11.9. The molecule has 0 aromatic heterocycles. The zero-order valence-corrected chi connectivity index (χ0v) is 13.9. The summed E-state index contributed by atoms with van der Waals surface area (Å²) in [4.78, 5) is 11.4. The zero-order valence-electron chi connectivity index (χ0n) is 12.8. The highest BCUT2D eigenvalue weighted by Gasteiger charge is 2.12. The van der Waals surface area contributed by atoms with Gasteiger partial charge in [0.05, 0.1) is 0 Å². The van der Waals surface area contributed by atoms with Gasteiger partial charge in [-0.25, -0.2) is 0 Å². The van der Waals surface area contributed by atoms with Crippen LogP contribution in [0.5, 0.6) is 0 Å². The molecule has 0 spiro atoms. The van der Waals surface area contributed by atoms with Gasteiger partial charge in [-0.15, -0.1) is 9.24 Å². The maximum absolute atomic E-state index is 11.4. The first-order valence-corrected chi connectivity index (χ1v) is 8.51. The lowest BCUT2D eigenvalue weighted by Crippen LogP contribution is -2.06. The number of fused-ring (bicyclic) bond motifs is 1. The van der Waals surface area contributed by atoms with Crippen LogP contribution in [0.4, 0.5) is 0 Å². The standard InChI is InChI=1S/C17H20O.CH5P/c1-3-5-6-7-14-11-16-12-17(18)9-8-15(16)10-13(14)4-2;1-2/h6-11H,3-5,12H2,1-2H3;2H2,1H3/b7-6-;. The summed E-state index contributed by atoms with van der Waals surface area (Å²) in [6, 6.07) is 4.41. The molecular weight excluding hydrogens is 263 g/mol. The number of unbranched alkanes of at least 4 members (excludes halogenated alkanes) is 1. The molecule has 1 aromatic carbocycles. The van der Waals surface area contributed by atoms with Gasteiger partial charge in [0.15, 0.2) is 5.78 Å². The Hall–Kier alpha value is -1.20. The van der Waals surface area contributed by atoms with Crippen LogP contribution in [0.1, 0.15) is 48.9 Å². The van der Waals surface area contributed by atoms with Crippen molar-refractivity contribution in [3.63, 3.8) is 0 Å². The summed E-state index contributed by atoms with van der Waals surface area (Å²) in [6.45, 7) is 6.28. The smallest absolute Gasteiger partial charge is 0.160 e. The highest BCUT2D eigenvalue weighted by atomic mass is 31.0. The van der Waals surface area contributed by atoms with Gasteiger partial charge in [0.25, 0.3) is 0 Å². The van der Waals surface area contributed by atoms with Crippen LogP contribution in [0.3, 0.4) is 0 Å². The van der Waals surface area contributed by atoms with Crippen molar-refractivity contribution in [1.82, 2.24) is 0 Å². The number of benzene rings is 1. The highest BCUT2D eigenvalue weighted by molar-refractivity contribution is 7.15. The molecule has 0 N–H and O–H groups in total. The van der Waals surface area contributed by atoms with Crippen LogP contribution in [0, 0.1) is 0 Å². The Labute approximate surface area is 125 Å². The third kappa shape index (κ3) is 4.42. The van der Waals surface area contributed by atoms with Crippen molar-refractivity contribution < 1.29 is 4.79 Å². The van der Waals surface area contributed by atoms with Crippen molar-refractivity contribution in [2.45, 2.75) is 39.5 Å². The average molecular weight is 288 g/mol. The summed E-state index contributed by atoms with van der Waals surface area (Å²) in [5.74, 6) is 0.204. The first kappa shape index (κ1) is 16.9. The van der Waals surface area contributed by atoms with Gasteiger partial charge >= 0.3 is 0 Å². The van der Waals surface area contributed by atoms with Gasteiger partial charge in [-0.2, -0.15) is 0 Å². The normalized spacial score (nSPS) is 13.1. The highest BCUT2D eigenvalue weighted by Crippen LogP contribution is 2.24. The lowest BCUT2D eigenvalue weighted by molar-refractivity contribution is -0.114. The predicted molar refractivity (Wildman–Crippen MR) is 93.1 cm³/mol. The van der Waals surface area contributed by atoms with E-state index in [0.29, 0.717) is 6.42 Å². The number of hydrogen-bond acceptors (Lipinski definition) is 1. The van der Waals surface area contributed by atoms with E-state index < -0.39 is 0 Å². The lowest BCUT2D eigenvalue weighted by atomic mass is 9.90. The van der Waals surface area contributed by atoms with Crippen LogP contribution in [-0.4, -0.2) is 12.4 Å². The molecule has 0 heterocycles. The van der Waals surface area contributed by atoms with Crippen LogP contribution in [-0.2, 0) is 17.6 Å². The Kier molecular flexibility index (Phi) is 7.47. The van der Waals surface area contributed by atoms with Gasteiger partial charge in [-0.3, -0.25) is 4.79 Å². The molecule has 1 atom stereocenters. The number of ketones is 1. The Morgan fingerprint density at radius 1 is 1.20 bits per heavy atom. The van der Waals surface area contributed by atoms with E-state index in [2.05, 4.69) is 47.4 Å². The van der Waals surface area contributed by atoms with Gasteiger partial charge in [0.1, 0.15) is 0 Å². The number of rotatable bonds is 4. The Morgan fingerprint density at radius 3 is 2.60 bits per heavy atom. The fourth-order valence-corrected chi connectivity index (χ4v) is 2.30. The largest absolute Gasteiger partial charge is 0.294 e. The predicted octanol–water partition coefficient (Wildman–Crippen LogP) is 4.69. The molecule has 1 unspecified atom stereocenters. The molecule has 0 radical (unpaired) electrons. The molecule has 0 fully saturated rings. The minimum absolute atomic E-state index is 0.204. The molecule has 1 aromatic rings. The Balaban J connectivity index is 0.000000956. The molecule has 20 heavy (non-hydrogen) atoms. The molecule has 0 saturated heterocycles. The number of carbonyl (C=O) groups excluding carboxylic acids is 1. The van der Waals surface area contributed by atoms with Crippen LogP contribution in [0.25, 0.3) is 12.2 Å². The topological polar surface area (TPSA) is 17.1 Å². The van der Waals surface area contributed by atoms with E-state index in [1.54, 1.807) is 6.08 Å². The van der Waals surface area contributed by atoms with Gasteiger partial charge in [-0.1, -0.05) is 57.3 Å². The molecule has 0 aliphatic heterocycles. The third-order valence-electron chi connectivity index (χ3n) is 3.35. The fourth-order valence-electron chi connectivity index (χ4n) is 2.30. The fraction of sp³-hybridized carbons (Fsp3) is 0.389. The van der Waals surface area contributed by atoms with Crippen molar-refractivity contribution in [3.05, 3.63) is 46.5 Å². The van der Waals surface area contributed by atoms with Crippen molar-refractivity contribution >= 4 is 27.2 Å². The number of hydrogen-bond donors (Lipinski definition) is 0. The van der Waals surface area contributed by atoms with Gasteiger partial charge in [0.2, 0.25) is 0 Å². The molecule has 0 saturated carbocycles. The van der Waals surface area contributed by atoms with E-state index in [9.17, 15) is 4.79 Å². The van der Waals surface area contributed by atoms with Crippen molar-refractivity contribution in [3.8, 4) is 0 Å². The SMILES string of the molecule is CCC/C=C\c1cc2c(cc1CC)C=CC(=O)C2.CP. The summed E-state index contributed by atoms with van der Waals surface area (Å²) >= 11 is 0. The number of allylic oxidation sites excluding steroid dienone is 2. The summed E-state index contributed by atoms with van der Waals surface area (Å²) < 4.78 is 0. The van der Waals surface area contributed by atoms with E-state index in [1.807, 2.05) is 12.7 Å². The van der Waals surface area contributed by atoms with Crippen molar-refractivity contribution in [2.24, 2.45) is 0 Å². The maximum atomic E-state index is 11.4. The number of carbonyl (C=O) groups is 1. The van der Waals surface area contributed by atoms with Crippen molar-refractivity contribution in [1.29, 1.82) is 0 Å².